The summed E-state index contributed by atoms with van der Waals surface area (Å²) >= 11 is 0. The van der Waals surface area contributed by atoms with Crippen LogP contribution in [-0.4, -0.2) is 36.5 Å². The molecule has 1 aromatic carbocycles. The van der Waals surface area contributed by atoms with Crippen molar-refractivity contribution >= 4 is 5.91 Å². The Morgan fingerprint density at radius 3 is 2.88 bits per heavy atom. The maximum atomic E-state index is 11.7. The molecule has 3 nitrogen and oxygen atoms in total. The molecule has 0 spiro atoms. The van der Waals surface area contributed by atoms with E-state index in [1.807, 2.05) is 11.0 Å². The largest absolute Gasteiger partial charge is 0.338 e. The standard InChI is InChI=1S/C14H20N2O/c1-12(17)16-9-5-8-15-11-14(16)10-13-6-3-2-4-7-13/h2-4,6-7,14-15H,5,8-11H2,1H3. The minimum absolute atomic E-state index is 0.189. The summed E-state index contributed by atoms with van der Waals surface area (Å²) in [6, 6.07) is 10.7. The van der Waals surface area contributed by atoms with Crippen LogP contribution in [0.25, 0.3) is 0 Å². The smallest absolute Gasteiger partial charge is 0.219 e. The van der Waals surface area contributed by atoms with Crippen molar-refractivity contribution in [1.29, 1.82) is 0 Å². The zero-order valence-corrected chi connectivity index (χ0v) is 10.4. The molecule has 0 aromatic heterocycles. The molecule has 1 aliphatic heterocycles. The first-order valence-corrected chi connectivity index (χ1v) is 6.29. The number of carbonyl (C=O) groups excluding carboxylic acids is 1. The van der Waals surface area contributed by atoms with Crippen LogP contribution in [0.4, 0.5) is 0 Å². The summed E-state index contributed by atoms with van der Waals surface area (Å²) in [5.41, 5.74) is 1.30. The van der Waals surface area contributed by atoms with Gasteiger partial charge >= 0.3 is 0 Å². The molecule has 2 rings (SSSR count). The van der Waals surface area contributed by atoms with E-state index in [4.69, 9.17) is 0 Å². The molecular weight excluding hydrogens is 212 g/mol. The van der Waals surface area contributed by atoms with Crippen LogP contribution in [-0.2, 0) is 11.2 Å². The Balaban J connectivity index is 2.07. The average Bonchev–Trinajstić information content (AvgIpc) is 2.56. The van der Waals surface area contributed by atoms with Crippen molar-refractivity contribution in [2.75, 3.05) is 19.6 Å². The predicted octanol–water partition coefficient (Wildman–Crippen LogP) is 1.44. The lowest BCUT2D eigenvalue weighted by Gasteiger charge is -2.28. The third-order valence-corrected chi connectivity index (χ3v) is 3.29. The van der Waals surface area contributed by atoms with Crippen LogP contribution in [0.1, 0.15) is 18.9 Å². The van der Waals surface area contributed by atoms with Crippen LogP contribution in [0.3, 0.4) is 0 Å². The summed E-state index contributed by atoms with van der Waals surface area (Å²) in [5.74, 6) is 0.189. The fraction of sp³-hybridized carbons (Fsp3) is 0.500. The van der Waals surface area contributed by atoms with E-state index < -0.39 is 0 Å². The van der Waals surface area contributed by atoms with Gasteiger partial charge < -0.3 is 10.2 Å². The summed E-state index contributed by atoms with van der Waals surface area (Å²) in [6.45, 7) is 4.45. The van der Waals surface area contributed by atoms with Crippen LogP contribution in [0.15, 0.2) is 30.3 Å². The molecule has 1 N–H and O–H groups in total. The highest BCUT2D eigenvalue weighted by Crippen LogP contribution is 2.11. The summed E-state index contributed by atoms with van der Waals surface area (Å²) in [7, 11) is 0. The van der Waals surface area contributed by atoms with E-state index in [-0.39, 0.29) is 11.9 Å². The van der Waals surface area contributed by atoms with Gasteiger partial charge in [0.1, 0.15) is 0 Å². The summed E-state index contributed by atoms with van der Waals surface area (Å²) < 4.78 is 0. The number of nitrogens with one attached hydrogen (secondary N) is 1. The van der Waals surface area contributed by atoms with Gasteiger partial charge in [-0.15, -0.1) is 0 Å². The van der Waals surface area contributed by atoms with Crippen molar-refractivity contribution in [3.05, 3.63) is 35.9 Å². The van der Waals surface area contributed by atoms with Gasteiger partial charge in [-0.1, -0.05) is 30.3 Å². The van der Waals surface area contributed by atoms with Gasteiger partial charge in [-0.25, -0.2) is 0 Å². The molecule has 1 saturated heterocycles. The van der Waals surface area contributed by atoms with Crippen molar-refractivity contribution in [3.8, 4) is 0 Å². The van der Waals surface area contributed by atoms with Crippen molar-refractivity contribution in [2.45, 2.75) is 25.8 Å². The van der Waals surface area contributed by atoms with Crippen LogP contribution < -0.4 is 5.32 Å². The zero-order chi connectivity index (χ0) is 12.1. The fourth-order valence-electron chi connectivity index (χ4n) is 2.42. The third-order valence-electron chi connectivity index (χ3n) is 3.29. The summed E-state index contributed by atoms with van der Waals surface area (Å²) in [6.07, 6.45) is 1.98. The maximum absolute atomic E-state index is 11.7. The van der Waals surface area contributed by atoms with Crippen LogP contribution in [0, 0.1) is 0 Å². The summed E-state index contributed by atoms with van der Waals surface area (Å²) in [4.78, 5) is 13.7. The highest BCUT2D eigenvalue weighted by atomic mass is 16.2. The van der Waals surface area contributed by atoms with Gasteiger partial charge in [-0.05, 0) is 24.9 Å². The second kappa shape index (κ2) is 5.82. The van der Waals surface area contributed by atoms with Gasteiger partial charge in [-0.2, -0.15) is 0 Å². The lowest BCUT2D eigenvalue weighted by molar-refractivity contribution is -0.130. The monoisotopic (exact) mass is 232 g/mol. The van der Waals surface area contributed by atoms with E-state index in [1.165, 1.54) is 5.56 Å². The Kier molecular flexibility index (Phi) is 4.15. The minimum atomic E-state index is 0.189. The molecule has 1 aromatic rings. The fourth-order valence-corrected chi connectivity index (χ4v) is 2.42. The lowest BCUT2D eigenvalue weighted by Crippen LogP contribution is -2.43. The Morgan fingerprint density at radius 1 is 1.41 bits per heavy atom. The molecule has 1 atom stereocenters. The second-order valence-corrected chi connectivity index (χ2v) is 4.61. The average molecular weight is 232 g/mol. The van der Waals surface area contributed by atoms with Gasteiger partial charge in [0.05, 0.1) is 0 Å². The molecule has 0 saturated carbocycles. The van der Waals surface area contributed by atoms with Gasteiger partial charge in [-0.3, -0.25) is 4.79 Å². The predicted molar refractivity (Wildman–Crippen MR) is 68.8 cm³/mol. The third kappa shape index (κ3) is 3.30. The number of hydrogen-bond acceptors (Lipinski definition) is 2. The van der Waals surface area contributed by atoms with Crippen molar-refractivity contribution in [2.24, 2.45) is 0 Å². The molecule has 1 amide bonds. The minimum Gasteiger partial charge on any atom is -0.338 e. The highest BCUT2D eigenvalue weighted by molar-refractivity contribution is 5.73. The lowest BCUT2D eigenvalue weighted by atomic mass is 10.0. The second-order valence-electron chi connectivity index (χ2n) is 4.61. The van der Waals surface area contributed by atoms with E-state index in [0.29, 0.717) is 0 Å². The Morgan fingerprint density at radius 2 is 2.18 bits per heavy atom. The van der Waals surface area contributed by atoms with Gasteiger partial charge in [0.15, 0.2) is 0 Å². The van der Waals surface area contributed by atoms with E-state index >= 15 is 0 Å². The van der Waals surface area contributed by atoms with Crippen LogP contribution in [0.5, 0.6) is 0 Å². The molecule has 1 fully saturated rings. The topological polar surface area (TPSA) is 32.3 Å². The quantitative estimate of drug-likeness (QED) is 0.837. The number of benzene rings is 1. The number of nitrogens with zero attached hydrogens (tertiary/aromatic N) is 1. The van der Waals surface area contributed by atoms with E-state index in [1.54, 1.807) is 6.92 Å². The van der Waals surface area contributed by atoms with E-state index in [0.717, 1.165) is 32.5 Å². The molecule has 17 heavy (non-hydrogen) atoms. The van der Waals surface area contributed by atoms with Crippen LogP contribution in [0.2, 0.25) is 0 Å². The molecule has 92 valence electrons. The molecule has 1 aliphatic rings. The number of amides is 1. The summed E-state index contributed by atoms with van der Waals surface area (Å²) in [5, 5.41) is 3.41. The normalized spacial score (nSPS) is 21.0. The SMILES string of the molecule is CC(=O)N1CCCNCC1Cc1ccccc1. The van der Waals surface area contributed by atoms with Gasteiger partial charge in [0, 0.05) is 26.1 Å². The first kappa shape index (κ1) is 12.1. The molecule has 0 radical (unpaired) electrons. The molecule has 3 heteroatoms. The molecule has 0 aliphatic carbocycles. The van der Waals surface area contributed by atoms with E-state index in [9.17, 15) is 4.79 Å². The van der Waals surface area contributed by atoms with Gasteiger partial charge in [0.25, 0.3) is 0 Å². The van der Waals surface area contributed by atoms with Crippen molar-refractivity contribution in [3.63, 3.8) is 0 Å². The Bertz CT molecular complexity index is 364. The van der Waals surface area contributed by atoms with Crippen LogP contribution >= 0.6 is 0 Å². The Labute approximate surface area is 103 Å². The van der Waals surface area contributed by atoms with Crippen molar-refractivity contribution < 1.29 is 4.79 Å². The number of hydrogen-bond donors (Lipinski definition) is 1. The number of carbonyl (C=O) groups is 1. The van der Waals surface area contributed by atoms with Crippen molar-refractivity contribution in [1.82, 2.24) is 10.2 Å². The van der Waals surface area contributed by atoms with Gasteiger partial charge in [0.2, 0.25) is 5.91 Å². The Hall–Kier alpha value is -1.35. The first-order chi connectivity index (χ1) is 8.27. The first-order valence-electron chi connectivity index (χ1n) is 6.29. The molecule has 1 heterocycles. The van der Waals surface area contributed by atoms with E-state index in [2.05, 4.69) is 29.6 Å². The zero-order valence-electron chi connectivity index (χ0n) is 10.4. The molecular formula is C14H20N2O. The highest BCUT2D eigenvalue weighted by Gasteiger charge is 2.22. The maximum Gasteiger partial charge on any atom is 0.219 e. The molecule has 0 bridgehead atoms. The molecule has 1 unspecified atom stereocenters. The number of rotatable bonds is 2.